The van der Waals surface area contributed by atoms with Gasteiger partial charge >= 0.3 is 5.97 Å². The highest BCUT2D eigenvalue weighted by molar-refractivity contribution is 7.99. The minimum Gasteiger partial charge on any atom is -0.425 e. The summed E-state index contributed by atoms with van der Waals surface area (Å²) in [7, 11) is 0. The first-order valence-corrected chi connectivity index (χ1v) is 11.1. The lowest BCUT2D eigenvalue weighted by Gasteiger charge is -2.11. The molecule has 166 valence electrons. The van der Waals surface area contributed by atoms with Gasteiger partial charge in [0.1, 0.15) is 5.75 Å². The molecule has 0 aliphatic carbocycles. The summed E-state index contributed by atoms with van der Waals surface area (Å²) in [4.78, 5) is 23.1. The fraction of sp³-hybridized carbons (Fsp3) is 0.125. The normalized spacial score (nSPS) is 10.7. The number of nitrogens with zero attached hydrogens (tertiary/aromatic N) is 4. The number of nitro benzene ring substituents is 1. The number of esters is 1. The summed E-state index contributed by atoms with van der Waals surface area (Å²) in [6, 6.07) is 21.3. The highest BCUT2D eigenvalue weighted by atomic mass is 32.2. The smallest absolute Gasteiger partial charge is 0.321 e. The van der Waals surface area contributed by atoms with Gasteiger partial charge in [-0.1, -0.05) is 48.2 Å². The average Bonchev–Trinajstić information content (AvgIpc) is 3.25. The number of carbonyl (C=O) groups excluding carboxylic acids is 1. The number of ether oxygens (including phenoxy) is 1. The van der Waals surface area contributed by atoms with Crippen LogP contribution in [0, 0.1) is 24.0 Å². The lowest BCUT2D eigenvalue weighted by Crippen LogP contribution is -2.13. The van der Waals surface area contributed by atoms with Crippen LogP contribution in [-0.2, 0) is 4.79 Å². The maximum atomic E-state index is 12.6. The lowest BCUT2D eigenvalue weighted by molar-refractivity contribution is -0.384. The molecule has 0 spiro atoms. The summed E-state index contributed by atoms with van der Waals surface area (Å²) in [6.07, 6.45) is 0. The van der Waals surface area contributed by atoms with Gasteiger partial charge in [-0.2, -0.15) is 0 Å². The van der Waals surface area contributed by atoms with E-state index in [0.717, 1.165) is 16.8 Å². The van der Waals surface area contributed by atoms with Crippen LogP contribution in [0.1, 0.15) is 11.1 Å². The van der Waals surface area contributed by atoms with Crippen LogP contribution in [0.25, 0.3) is 17.1 Å². The molecular formula is C24H20N4O4S. The minimum atomic E-state index is -0.450. The molecular weight excluding hydrogens is 440 g/mol. The van der Waals surface area contributed by atoms with Crippen molar-refractivity contribution in [3.63, 3.8) is 0 Å². The van der Waals surface area contributed by atoms with E-state index in [9.17, 15) is 14.9 Å². The Morgan fingerprint density at radius 1 is 0.970 bits per heavy atom. The predicted molar refractivity (Wildman–Crippen MR) is 126 cm³/mol. The zero-order valence-electron chi connectivity index (χ0n) is 18.0. The standard InChI is InChI=1S/C24H20N4O4S/c1-16-7-6-8-17(2)22(16)32-21(29)15-33-24-26-25-23(27(24)19-9-4-3-5-10-19)18-11-13-20(14-12-18)28(30)31/h3-14H,15H2,1-2H3. The van der Waals surface area contributed by atoms with Gasteiger partial charge in [-0.15, -0.1) is 10.2 Å². The van der Waals surface area contributed by atoms with Crippen molar-refractivity contribution in [1.29, 1.82) is 0 Å². The maximum absolute atomic E-state index is 12.6. The predicted octanol–water partition coefficient (Wildman–Crippen LogP) is 5.16. The molecule has 0 aliphatic heterocycles. The van der Waals surface area contributed by atoms with E-state index in [-0.39, 0.29) is 11.4 Å². The first-order valence-electron chi connectivity index (χ1n) is 10.1. The molecule has 1 heterocycles. The van der Waals surface area contributed by atoms with Gasteiger partial charge in [0.15, 0.2) is 11.0 Å². The highest BCUT2D eigenvalue weighted by Gasteiger charge is 2.19. The Labute approximate surface area is 194 Å². The summed E-state index contributed by atoms with van der Waals surface area (Å²) < 4.78 is 7.41. The summed E-state index contributed by atoms with van der Waals surface area (Å²) in [6.45, 7) is 3.79. The number of hydrogen-bond acceptors (Lipinski definition) is 7. The van der Waals surface area contributed by atoms with Crippen molar-refractivity contribution in [2.24, 2.45) is 0 Å². The molecule has 0 saturated carbocycles. The number of aryl methyl sites for hydroxylation is 2. The zero-order chi connectivity index (χ0) is 23.4. The van der Waals surface area contributed by atoms with E-state index < -0.39 is 10.9 Å². The number of rotatable bonds is 7. The molecule has 0 N–H and O–H groups in total. The van der Waals surface area contributed by atoms with Crippen molar-refractivity contribution in [3.8, 4) is 22.8 Å². The zero-order valence-corrected chi connectivity index (χ0v) is 18.8. The molecule has 0 atom stereocenters. The van der Waals surface area contributed by atoms with Gasteiger partial charge in [0.2, 0.25) is 0 Å². The van der Waals surface area contributed by atoms with Gasteiger partial charge in [-0.05, 0) is 49.2 Å². The maximum Gasteiger partial charge on any atom is 0.321 e. The number of benzene rings is 3. The molecule has 1 aromatic heterocycles. The third-order valence-electron chi connectivity index (χ3n) is 4.93. The SMILES string of the molecule is Cc1cccc(C)c1OC(=O)CSc1nnc(-c2ccc([N+](=O)[O-])cc2)n1-c1ccccc1. The molecule has 0 amide bonds. The van der Waals surface area contributed by atoms with E-state index >= 15 is 0 Å². The van der Waals surface area contributed by atoms with Crippen LogP contribution >= 0.6 is 11.8 Å². The Morgan fingerprint density at radius 2 is 1.64 bits per heavy atom. The van der Waals surface area contributed by atoms with Gasteiger partial charge in [0.25, 0.3) is 5.69 Å². The van der Waals surface area contributed by atoms with Crippen molar-refractivity contribution in [2.75, 3.05) is 5.75 Å². The summed E-state index contributed by atoms with van der Waals surface area (Å²) in [5.41, 5.74) is 3.25. The highest BCUT2D eigenvalue weighted by Crippen LogP contribution is 2.29. The van der Waals surface area contributed by atoms with Gasteiger partial charge in [-0.3, -0.25) is 19.5 Å². The van der Waals surface area contributed by atoms with Crippen molar-refractivity contribution >= 4 is 23.4 Å². The molecule has 4 aromatic rings. The van der Waals surface area contributed by atoms with E-state index in [1.165, 1.54) is 23.9 Å². The average molecular weight is 461 g/mol. The molecule has 4 rings (SSSR count). The van der Waals surface area contributed by atoms with Crippen molar-refractivity contribution < 1.29 is 14.5 Å². The van der Waals surface area contributed by atoms with Gasteiger partial charge in [-0.25, -0.2) is 0 Å². The number of thioether (sulfide) groups is 1. The monoisotopic (exact) mass is 460 g/mol. The van der Waals surface area contributed by atoms with Crippen molar-refractivity contribution in [1.82, 2.24) is 14.8 Å². The quantitative estimate of drug-likeness (QED) is 0.123. The van der Waals surface area contributed by atoms with Crippen LogP contribution in [-0.4, -0.2) is 31.4 Å². The van der Waals surface area contributed by atoms with E-state index in [0.29, 0.717) is 22.3 Å². The summed E-state index contributed by atoms with van der Waals surface area (Å²) in [5.74, 6) is 0.733. The largest absolute Gasteiger partial charge is 0.425 e. The van der Waals surface area contributed by atoms with E-state index in [1.54, 1.807) is 12.1 Å². The van der Waals surface area contributed by atoms with Crippen LogP contribution in [0.3, 0.4) is 0 Å². The third kappa shape index (κ3) is 4.93. The van der Waals surface area contributed by atoms with E-state index in [1.807, 2.05) is 66.9 Å². The van der Waals surface area contributed by atoms with Crippen molar-refractivity contribution in [2.45, 2.75) is 19.0 Å². The fourth-order valence-electron chi connectivity index (χ4n) is 3.32. The number of hydrogen-bond donors (Lipinski definition) is 0. The number of aromatic nitrogens is 3. The second-order valence-corrected chi connectivity index (χ2v) is 8.21. The van der Waals surface area contributed by atoms with Gasteiger partial charge < -0.3 is 4.74 Å². The van der Waals surface area contributed by atoms with Crippen LogP contribution < -0.4 is 4.74 Å². The first kappa shape index (κ1) is 22.2. The number of carbonyl (C=O) groups is 1. The molecule has 8 nitrogen and oxygen atoms in total. The summed E-state index contributed by atoms with van der Waals surface area (Å²) in [5, 5.41) is 20.1. The molecule has 9 heteroatoms. The first-order chi connectivity index (χ1) is 15.9. The van der Waals surface area contributed by atoms with E-state index in [4.69, 9.17) is 4.74 Å². The van der Waals surface area contributed by atoms with Crippen LogP contribution in [0.4, 0.5) is 5.69 Å². The Balaban J connectivity index is 1.61. The minimum absolute atomic E-state index is 0.00614. The lowest BCUT2D eigenvalue weighted by atomic mass is 10.1. The second kappa shape index (κ2) is 9.66. The van der Waals surface area contributed by atoms with Crippen LogP contribution in [0.5, 0.6) is 5.75 Å². The van der Waals surface area contributed by atoms with Crippen molar-refractivity contribution in [3.05, 3.63) is 94.0 Å². The molecule has 0 bridgehead atoms. The molecule has 0 fully saturated rings. The Morgan fingerprint density at radius 3 is 2.27 bits per heavy atom. The molecule has 0 saturated heterocycles. The molecule has 0 unspecified atom stereocenters. The topological polar surface area (TPSA) is 100 Å². The molecule has 0 aliphatic rings. The number of non-ortho nitro benzene ring substituents is 1. The number of para-hydroxylation sites is 2. The molecule has 3 aromatic carbocycles. The van der Waals surface area contributed by atoms with Gasteiger partial charge in [0.05, 0.1) is 10.7 Å². The fourth-order valence-corrected chi connectivity index (χ4v) is 4.04. The molecule has 0 radical (unpaired) electrons. The van der Waals surface area contributed by atoms with Gasteiger partial charge in [0, 0.05) is 23.4 Å². The number of nitro groups is 1. The molecule has 33 heavy (non-hydrogen) atoms. The van der Waals surface area contributed by atoms with Crippen LogP contribution in [0.2, 0.25) is 0 Å². The van der Waals surface area contributed by atoms with E-state index in [2.05, 4.69) is 10.2 Å². The second-order valence-electron chi connectivity index (χ2n) is 7.26. The third-order valence-corrected chi connectivity index (χ3v) is 5.83. The Bertz CT molecular complexity index is 1280. The van der Waals surface area contributed by atoms with Crippen LogP contribution in [0.15, 0.2) is 78.0 Å². The Kier molecular flexibility index (Phi) is 6.50. The Hall–Kier alpha value is -3.98. The summed E-state index contributed by atoms with van der Waals surface area (Å²) >= 11 is 1.21.